The van der Waals surface area contributed by atoms with Crippen molar-refractivity contribution in [3.8, 4) is 28.1 Å². The average molecular weight is 1010 g/mol. The van der Waals surface area contributed by atoms with Crippen LogP contribution in [0.5, 0.6) is 5.75 Å². The molecule has 0 saturated carbocycles. The molecule has 0 unspecified atom stereocenters. The minimum absolute atomic E-state index is 0.00586. The van der Waals surface area contributed by atoms with Crippen molar-refractivity contribution in [1.82, 2.24) is 20.3 Å². The van der Waals surface area contributed by atoms with Gasteiger partial charge in [-0.1, -0.05) is 91.5 Å². The molecule has 1 aromatic heterocycles. The highest BCUT2D eigenvalue weighted by Gasteiger charge is 2.47. The normalized spacial score (nSPS) is 16.1. The highest BCUT2D eigenvalue weighted by Crippen LogP contribution is 2.46. The molecule has 380 valence electrons. The molecule has 69 heavy (non-hydrogen) atoms. The zero-order valence-corrected chi connectivity index (χ0v) is 46.9. The summed E-state index contributed by atoms with van der Waals surface area (Å²) in [7, 11) is -0.782. The summed E-state index contributed by atoms with van der Waals surface area (Å²) in [6, 6.07) is 15.4. The number of carboxylic acids is 1. The van der Waals surface area contributed by atoms with Crippen molar-refractivity contribution in [1.29, 1.82) is 0 Å². The van der Waals surface area contributed by atoms with Gasteiger partial charge < -0.3 is 34.0 Å². The van der Waals surface area contributed by atoms with Gasteiger partial charge in [-0.05, 0) is 159 Å². The standard InChI is InChI=1S/C54H81N4O8PSSi/c1-17-57-48-23-20-38(29-43(48)45(31-54(12,13)32-59)49(57)44-30-41(67(15,16)68)21-22-42(44)36(8)64-14)39-25-37(26-40(28-39)66-69(33(2)3,34(4)5)35(6)7)27-47(55-52(63)65-53(9,10)11)50(60)58-24-18-19-46(56-58)51(61)62/h20-23,25-26,28-30,33-36,46-47,56,59H,17-19,24,27,31-32H2,1-16H3,(H,55,63)(H,61,62)/t36-,46-,47-/m0/s1. The molecule has 2 amide bonds. The number of hydrazine groups is 1. The highest BCUT2D eigenvalue weighted by atomic mass is 32.4. The first-order valence-electron chi connectivity index (χ1n) is 24.7. The SMILES string of the molecule is CCn1c(-c2cc(P(C)(C)=S)ccc2[C@H](C)OC)c(CC(C)(C)CO)c2cc(-c3cc(C[C@H](NC(=O)OC(C)(C)C)C(=O)N4CCC[C@@H](C(=O)O)N4)cc(O[Si](C(C)C)(C(C)C)C(C)C)c3)ccc21. The molecular weight excluding hydrogens is 924 g/mol. The van der Waals surface area contributed by atoms with Crippen LogP contribution in [-0.4, -0.2) is 97.4 Å². The van der Waals surface area contributed by atoms with Crippen molar-refractivity contribution in [2.45, 2.75) is 163 Å². The summed E-state index contributed by atoms with van der Waals surface area (Å²) in [5.41, 5.74) is 10.4. The Hall–Kier alpha value is -4.04. The number of ether oxygens (including phenoxy) is 2. The third-order valence-electron chi connectivity index (χ3n) is 13.8. The second kappa shape index (κ2) is 22.2. The van der Waals surface area contributed by atoms with Gasteiger partial charge in [0, 0.05) is 49.7 Å². The first-order chi connectivity index (χ1) is 32.1. The maximum absolute atomic E-state index is 14.5. The van der Waals surface area contributed by atoms with Crippen molar-refractivity contribution in [2.75, 3.05) is 33.6 Å². The van der Waals surface area contributed by atoms with Crippen LogP contribution >= 0.6 is 6.04 Å². The summed E-state index contributed by atoms with van der Waals surface area (Å²) in [5.74, 6) is -0.823. The van der Waals surface area contributed by atoms with Crippen LogP contribution in [-0.2, 0) is 50.3 Å². The van der Waals surface area contributed by atoms with Gasteiger partial charge in [-0.15, -0.1) is 0 Å². The van der Waals surface area contributed by atoms with Gasteiger partial charge in [0.25, 0.3) is 14.2 Å². The molecule has 0 bridgehead atoms. The van der Waals surface area contributed by atoms with Gasteiger partial charge >= 0.3 is 12.1 Å². The van der Waals surface area contributed by atoms with Gasteiger partial charge in [-0.2, -0.15) is 0 Å². The predicted octanol–water partition coefficient (Wildman–Crippen LogP) is 11.2. The number of amides is 2. The van der Waals surface area contributed by atoms with E-state index in [2.05, 4.69) is 146 Å². The molecule has 2 heterocycles. The smallest absolute Gasteiger partial charge is 0.408 e. The van der Waals surface area contributed by atoms with Crippen molar-refractivity contribution in [3.63, 3.8) is 0 Å². The van der Waals surface area contributed by atoms with Gasteiger partial charge in [0.15, 0.2) is 0 Å². The van der Waals surface area contributed by atoms with Crippen LogP contribution in [0.2, 0.25) is 16.6 Å². The molecule has 3 atom stereocenters. The van der Waals surface area contributed by atoms with E-state index in [9.17, 15) is 24.6 Å². The number of nitrogens with zero attached hydrogens (tertiary/aromatic N) is 2. The number of aliphatic hydroxyl groups excluding tert-OH is 1. The van der Waals surface area contributed by atoms with Crippen LogP contribution in [0.3, 0.4) is 0 Å². The van der Waals surface area contributed by atoms with Gasteiger partial charge in [-0.3, -0.25) is 14.6 Å². The van der Waals surface area contributed by atoms with E-state index in [-0.39, 0.29) is 42.3 Å². The van der Waals surface area contributed by atoms with E-state index >= 15 is 0 Å². The number of nitrogens with one attached hydrogen (secondary N) is 2. The molecule has 0 aliphatic carbocycles. The van der Waals surface area contributed by atoms with Crippen LogP contribution in [0.4, 0.5) is 4.79 Å². The quantitative estimate of drug-likeness (QED) is 0.0528. The topological polar surface area (TPSA) is 152 Å². The fourth-order valence-corrected chi connectivity index (χ4v) is 16.7. The van der Waals surface area contributed by atoms with E-state index < -0.39 is 55.4 Å². The lowest BCUT2D eigenvalue weighted by Gasteiger charge is -2.42. The fraction of sp³-hybridized carbons (Fsp3) is 0.574. The van der Waals surface area contributed by atoms with E-state index in [0.29, 0.717) is 31.6 Å². The summed E-state index contributed by atoms with van der Waals surface area (Å²) in [6.07, 6.45) is 0.586. The number of methoxy groups -OCH3 is 1. The number of carbonyl (C=O) groups excluding carboxylic acids is 2. The largest absolute Gasteiger partial charge is 0.543 e. The lowest BCUT2D eigenvalue weighted by molar-refractivity contribution is -0.147. The molecule has 3 aromatic carbocycles. The summed E-state index contributed by atoms with van der Waals surface area (Å²) >= 11 is 6.12. The minimum Gasteiger partial charge on any atom is -0.543 e. The number of hydrogen-bond donors (Lipinski definition) is 4. The zero-order chi connectivity index (χ0) is 51.6. The third kappa shape index (κ3) is 12.9. The van der Waals surface area contributed by atoms with Gasteiger partial charge in [0.1, 0.15) is 23.4 Å². The molecule has 12 nitrogen and oxygen atoms in total. The molecule has 4 N–H and O–H groups in total. The Morgan fingerprint density at radius 2 is 1.58 bits per heavy atom. The Morgan fingerprint density at radius 1 is 0.928 bits per heavy atom. The number of aromatic nitrogens is 1. The molecular formula is C54H81N4O8PSSi. The Labute approximate surface area is 418 Å². The monoisotopic (exact) mass is 1000 g/mol. The van der Waals surface area contributed by atoms with E-state index in [1.807, 2.05) is 6.07 Å². The van der Waals surface area contributed by atoms with Crippen LogP contribution in [0, 0.1) is 5.41 Å². The highest BCUT2D eigenvalue weighted by molar-refractivity contribution is 8.17. The molecule has 1 saturated heterocycles. The van der Waals surface area contributed by atoms with Gasteiger partial charge in [0.05, 0.1) is 11.8 Å². The zero-order valence-electron chi connectivity index (χ0n) is 44.2. The molecule has 0 spiro atoms. The number of alkyl carbamates (subject to hydrolysis) is 1. The number of rotatable bonds is 19. The average Bonchev–Trinajstić information content (AvgIpc) is 3.57. The Kier molecular flexibility index (Phi) is 17.9. The second-order valence-electron chi connectivity index (χ2n) is 22.1. The van der Waals surface area contributed by atoms with Crippen molar-refractivity contribution in [2.24, 2.45) is 5.41 Å². The fourth-order valence-electron chi connectivity index (χ4n) is 10.3. The van der Waals surface area contributed by atoms with Crippen LogP contribution in [0.15, 0.2) is 54.6 Å². The molecule has 1 fully saturated rings. The number of benzene rings is 3. The summed E-state index contributed by atoms with van der Waals surface area (Å²) < 4.78 is 21.5. The van der Waals surface area contributed by atoms with E-state index in [1.54, 1.807) is 27.9 Å². The molecule has 4 aromatic rings. The molecule has 5 rings (SSSR count). The van der Waals surface area contributed by atoms with Crippen molar-refractivity contribution < 1.29 is 38.5 Å². The molecule has 1 aliphatic heterocycles. The first-order valence-corrected chi connectivity index (χ1v) is 30.5. The molecule has 0 radical (unpaired) electrons. The van der Waals surface area contributed by atoms with Gasteiger partial charge in [0.2, 0.25) is 0 Å². The number of aliphatic carboxylic acids is 1. The van der Waals surface area contributed by atoms with Crippen molar-refractivity contribution in [3.05, 3.63) is 71.3 Å². The summed E-state index contributed by atoms with van der Waals surface area (Å²) in [5, 5.41) is 27.0. The Morgan fingerprint density at radius 3 is 2.13 bits per heavy atom. The maximum Gasteiger partial charge on any atom is 0.408 e. The number of carbonyl (C=O) groups is 3. The Balaban J connectivity index is 1.81. The summed E-state index contributed by atoms with van der Waals surface area (Å²) in [6.45, 7) is 32.5. The van der Waals surface area contributed by atoms with E-state index in [4.69, 9.17) is 25.7 Å². The van der Waals surface area contributed by atoms with E-state index in [0.717, 1.165) is 55.3 Å². The molecule has 15 heteroatoms. The minimum atomic E-state index is -2.51. The first kappa shape index (κ1) is 55.9. The number of aryl methyl sites for hydroxylation is 1. The van der Waals surface area contributed by atoms with Crippen LogP contribution < -0.4 is 20.5 Å². The maximum atomic E-state index is 14.5. The predicted molar refractivity (Wildman–Crippen MR) is 288 cm³/mol. The number of carboxylic acid groups (broad SMARTS) is 1. The summed E-state index contributed by atoms with van der Waals surface area (Å²) in [4.78, 5) is 40.1. The number of hydrogen-bond acceptors (Lipinski definition) is 9. The van der Waals surface area contributed by atoms with E-state index in [1.165, 1.54) is 5.01 Å². The Bertz CT molecular complexity index is 2520. The lowest BCUT2D eigenvalue weighted by atomic mass is 9.83. The second-order valence-corrected chi connectivity index (χ2v) is 33.5. The number of fused-ring (bicyclic) bond motifs is 1. The molecule has 1 aliphatic rings. The van der Waals surface area contributed by atoms with Crippen molar-refractivity contribution >= 4 is 60.3 Å². The number of aliphatic hydroxyl groups is 1. The lowest BCUT2D eigenvalue weighted by Crippen LogP contribution is -2.60. The third-order valence-corrected chi connectivity index (χ3v) is 21.9. The van der Waals surface area contributed by atoms with Crippen LogP contribution in [0.1, 0.15) is 126 Å². The van der Waals surface area contributed by atoms with Gasteiger partial charge in [-0.25, -0.2) is 10.2 Å². The van der Waals surface area contributed by atoms with Crippen LogP contribution in [0.25, 0.3) is 33.3 Å².